The van der Waals surface area contributed by atoms with Crippen molar-refractivity contribution in [3.8, 4) is 0 Å². The Morgan fingerprint density at radius 2 is 1.84 bits per heavy atom. The van der Waals surface area contributed by atoms with Crippen LogP contribution < -0.4 is 10.2 Å². The summed E-state index contributed by atoms with van der Waals surface area (Å²) in [6.07, 6.45) is 1.45. The van der Waals surface area contributed by atoms with Crippen LogP contribution in [0.25, 0.3) is 0 Å². The summed E-state index contributed by atoms with van der Waals surface area (Å²) in [5.41, 5.74) is 0.0977. The van der Waals surface area contributed by atoms with Gasteiger partial charge in [-0.3, -0.25) is 24.5 Å². The Morgan fingerprint density at radius 3 is 2.51 bits per heavy atom. The third-order valence-electron chi connectivity index (χ3n) is 6.95. The number of nitro groups is 1. The van der Waals surface area contributed by atoms with Gasteiger partial charge in [-0.15, -0.1) is 0 Å². The molecule has 11 nitrogen and oxygen atoms in total. The maximum atomic E-state index is 13.7. The average Bonchev–Trinajstić information content (AvgIpc) is 3.17. The van der Waals surface area contributed by atoms with Gasteiger partial charge in [-0.2, -0.15) is 0 Å². The lowest BCUT2D eigenvalue weighted by molar-refractivity contribution is -0.384. The number of para-hydroxylation sites is 1. The molecule has 2 saturated heterocycles. The SMILES string of the molecule is COCCCNC(=O)CN1CN(c2ccccc2)C2(CCN(C(=O)c3cccc([N+](=O)[O-])c3)CC2)C1=O. The lowest BCUT2D eigenvalue weighted by atomic mass is 9.85. The van der Waals surface area contributed by atoms with Crippen LogP contribution in [0.2, 0.25) is 0 Å². The fraction of sp³-hybridized carbons (Fsp3) is 0.423. The number of likely N-dealkylation sites (tertiary alicyclic amines) is 1. The van der Waals surface area contributed by atoms with E-state index in [-0.39, 0.29) is 42.2 Å². The number of nitro benzene ring substituents is 1. The molecule has 37 heavy (non-hydrogen) atoms. The van der Waals surface area contributed by atoms with Gasteiger partial charge >= 0.3 is 0 Å². The third kappa shape index (κ3) is 5.56. The highest BCUT2D eigenvalue weighted by Crippen LogP contribution is 2.39. The first kappa shape index (κ1) is 26.1. The van der Waals surface area contributed by atoms with Gasteiger partial charge in [0.1, 0.15) is 12.1 Å². The fourth-order valence-corrected chi connectivity index (χ4v) is 5.01. The van der Waals surface area contributed by atoms with E-state index in [1.54, 1.807) is 23.0 Å². The summed E-state index contributed by atoms with van der Waals surface area (Å²) in [6, 6.07) is 15.2. The minimum Gasteiger partial charge on any atom is -0.385 e. The van der Waals surface area contributed by atoms with Crippen LogP contribution in [-0.4, -0.2) is 84.5 Å². The van der Waals surface area contributed by atoms with Crippen LogP contribution in [0.4, 0.5) is 11.4 Å². The predicted octanol–water partition coefficient (Wildman–Crippen LogP) is 2.03. The number of rotatable bonds is 9. The van der Waals surface area contributed by atoms with Gasteiger partial charge in [0.05, 0.1) is 11.6 Å². The lowest BCUT2D eigenvalue weighted by Crippen LogP contribution is -2.57. The third-order valence-corrected chi connectivity index (χ3v) is 6.95. The van der Waals surface area contributed by atoms with Crippen molar-refractivity contribution >= 4 is 29.1 Å². The monoisotopic (exact) mass is 509 g/mol. The molecule has 0 aliphatic carbocycles. The van der Waals surface area contributed by atoms with E-state index >= 15 is 0 Å². The number of hydrogen-bond acceptors (Lipinski definition) is 7. The number of carbonyl (C=O) groups excluding carboxylic acids is 3. The van der Waals surface area contributed by atoms with Crippen molar-refractivity contribution in [2.45, 2.75) is 24.8 Å². The van der Waals surface area contributed by atoms with Crippen molar-refractivity contribution in [1.29, 1.82) is 0 Å². The van der Waals surface area contributed by atoms with E-state index < -0.39 is 10.5 Å². The summed E-state index contributed by atoms with van der Waals surface area (Å²) < 4.78 is 5.00. The second kappa shape index (κ2) is 11.4. The van der Waals surface area contributed by atoms with Crippen LogP contribution in [-0.2, 0) is 14.3 Å². The Morgan fingerprint density at radius 1 is 1.11 bits per heavy atom. The minimum absolute atomic E-state index is 0.0484. The van der Waals surface area contributed by atoms with Crippen molar-refractivity contribution in [3.63, 3.8) is 0 Å². The molecule has 1 spiro atoms. The number of non-ortho nitro benzene ring substituents is 1. The van der Waals surface area contributed by atoms with Crippen LogP contribution in [0.5, 0.6) is 0 Å². The number of amides is 3. The normalized spacial score (nSPS) is 16.8. The van der Waals surface area contributed by atoms with Gasteiger partial charge in [-0.25, -0.2) is 0 Å². The number of methoxy groups -OCH3 is 1. The first-order valence-corrected chi connectivity index (χ1v) is 12.3. The quantitative estimate of drug-likeness (QED) is 0.311. The standard InChI is InChI=1S/C26H31N5O6/c1-37-16-6-13-27-23(32)18-29-19-30(21-8-3-2-4-9-21)26(25(29)34)11-14-28(15-12-26)24(33)20-7-5-10-22(17-20)31(35)36/h2-5,7-10,17H,6,11-16,18-19H2,1H3,(H,27,32). The van der Waals surface area contributed by atoms with Crippen molar-refractivity contribution in [3.05, 3.63) is 70.3 Å². The molecule has 0 radical (unpaired) electrons. The van der Waals surface area contributed by atoms with E-state index in [0.29, 0.717) is 45.5 Å². The molecule has 2 aromatic rings. The van der Waals surface area contributed by atoms with Crippen LogP contribution >= 0.6 is 0 Å². The predicted molar refractivity (Wildman–Crippen MR) is 136 cm³/mol. The van der Waals surface area contributed by atoms with E-state index in [4.69, 9.17) is 4.74 Å². The highest BCUT2D eigenvalue weighted by Gasteiger charge is 2.54. The Bertz CT molecular complexity index is 1150. The summed E-state index contributed by atoms with van der Waals surface area (Å²) in [5.74, 6) is -0.666. The van der Waals surface area contributed by atoms with Crippen LogP contribution in [0.3, 0.4) is 0 Å². The van der Waals surface area contributed by atoms with Crippen molar-refractivity contribution in [1.82, 2.24) is 15.1 Å². The first-order valence-electron chi connectivity index (χ1n) is 12.3. The number of nitrogens with one attached hydrogen (secondary N) is 1. The molecule has 4 rings (SSSR count). The molecule has 0 bridgehead atoms. The Labute approximate surface area is 215 Å². The zero-order valence-electron chi connectivity index (χ0n) is 20.8. The van der Waals surface area contributed by atoms with E-state index in [1.165, 1.54) is 18.2 Å². The van der Waals surface area contributed by atoms with Gasteiger partial charge in [-0.1, -0.05) is 24.3 Å². The Balaban J connectivity index is 1.49. The van der Waals surface area contributed by atoms with E-state index in [9.17, 15) is 24.5 Å². The average molecular weight is 510 g/mol. The maximum Gasteiger partial charge on any atom is 0.270 e. The number of carbonyl (C=O) groups is 3. The molecule has 3 amide bonds. The molecular formula is C26H31N5O6. The Hall–Kier alpha value is -3.99. The van der Waals surface area contributed by atoms with Gasteiger partial charge in [0.25, 0.3) is 17.5 Å². The Kier molecular flexibility index (Phi) is 8.02. The van der Waals surface area contributed by atoms with Crippen molar-refractivity contribution in [2.24, 2.45) is 0 Å². The highest BCUT2D eigenvalue weighted by molar-refractivity contribution is 5.98. The summed E-state index contributed by atoms with van der Waals surface area (Å²) in [7, 11) is 1.60. The van der Waals surface area contributed by atoms with Crippen molar-refractivity contribution in [2.75, 3.05) is 51.5 Å². The molecule has 0 aromatic heterocycles. The minimum atomic E-state index is -0.878. The summed E-state index contributed by atoms with van der Waals surface area (Å²) in [5, 5.41) is 14.0. The number of benzene rings is 2. The van der Waals surface area contributed by atoms with Gasteiger partial charge in [-0.05, 0) is 37.5 Å². The molecule has 0 atom stereocenters. The number of nitrogens with zero attached hydrogens (tertiary/aromatic N) is 4. The van der Waals surface area contributed by atoms with Crippen LogP contribution in [0.1, 0.15) is 29.6 Å². The maximum absolute atomic E-state index is 13.7. The topological polar surface area (TPSA) is 125 Å². The largest absolute Gasteiger partial charge is 0.385 e. The molecule has 196 valence electrons. The van der Waals surface area contributed by atoms with Crippen LogP contribution in [0.15, 0.2) is 54.6 Å². The summed E-state index contributed by atoms with van der Waals surface area (Å²) >= 11 is 0. The smallest absolute Gasteiger partial charge is 0.270 e. The number of anilines is 1. The molecule has 2 aliphatic rings. The number of hydrogen-bond donors (Lipinski definition) is 1. The zero-order chi connectivity index (χ0) is 26.4. The molecular weight excluding hydrogens is 478 g/mol. The number of piperidine rings is 1. The highest BCUT2D eigenvalue weighted by atomic mass is 16.6. The van der Waals surface area contributed by atoms with Crippen LogP contribution in [0, 0.1) is 10.1 Å². The second-order valence-corrected chi connectivity index (χ2v) is 9.24. The second-order valence-electron chi connectivity index (χ2n) is 9.24. The van der Waals surface area contributed by atoms with Gasteiger partial charge in [0.15, 0.2) is 0 Å². The molecule has 2 aliphatic heterocycles. The molecule has 2 fully saturated rings. The molecule has 0 unspecified atom stereocenters. The first-order chi connectivity index (χ1) is 17.9. The van der Waals surface area contributed by atoms with Gasteiger partial charge < -0.3 is 24.8 Å². The molecule has 0 saturated carbocycles. The van der Waals surface area contributed by atoms with E-state index in [1.807, 2.05) is 35.2 Å². The molecule has 11 heteroatoms. The fourth-order valence-electron chi connectivity index (χ4n) is 5.01. The summed E-state index contributed by atoms with van der Waals surface area (Å²) in [6.45, 7) is 1.86. The van der Waals surface area contributed by atoms with Gasteiger partial charge in [0.2, 0.25) is 5.91 Å². The lowest BCUT2D eigenvalue weighted by Gasteiger charge is -2.43. The summed E-state index contributed by atoms with van der Waals surface area (Å²) in [4.78, 5) is 55.2. The zero-order valence-corrected chi connectivity index (χ0v) is 20.8. The van der Waals surface area contributed by atoms with E-state index in [0.717, 1.165) is 5.69 Å². The van der Waals surface area contributed by atoms with Gasteiger partial charge in [0, 0.05) is 56.7 Å². The molecule has 1 N–H and O–H groups in total. The van der Waals surface area contributed by atoms with E-state index in [2.05, 4.69) is 5.32 Å². The molecule has 2 heterocycles. The number of ether oxygens (including phenoxy) is 1. The van der Waals surface area contributed by atoms with Crippen molar-refractivity contribution < 1.29 is 24.0 Å². The molecule has 2 aromatic carbocycles.